The average molecular weight is 145 g/mol. The lowest BCUT2D eigenvalue weighted by Gasteiger charge is -2.03. The van der Waals surface area contributed by atoms with Gasteiger partial charge in [0.05, 0.1) is 5.56 Å². The smallest absolute Gasteiger partial charge is 0.166 e. The van der Waals surface area contributed by atoms with Crippen molar-refractivity contribution in [1.29, 1.82) is 0 Å². The number of benzene rings is 1. The van der Waals surface area contributed by atoms with Gasteiger partial charge in [-0.3, -0.25) is 0 Å². The molecule has 54 valence electrons. The second-order valence-electron chi connectivity index (χ2n) is 1.86. The molecule has 1 aromatic rings. The van der Waals surface area contributed by atoms with E-state index in [4.69, 9.17) is 0 Å². The molecule has 0 saturated carbocycles. The third-order valence-corrected chi connectivity index (χ3v) is 1.10. The summed E-state index contributed by atoms with van der Waals surface area (Å²) in [7, 11) is 0. The van der Waals surface area contributed by atoms with Crippen LogP contribution in [0.25, 0.3) is 0 Å². The van der Waals surface area contributed by atoms with Gasteiger partial charge >= 0.3 is 6.18 Å². The maximum Gasteiger partial charge on any atom is 0.416 e. The molecular weight excluding hydrogens is 140 g/mol. The third-order valence-electron chi connectivity index (χ3n) is 1.10. The minimum absolute atomic E-state index is 0.602. The van der Waals surface area contributed by atoms with Gasteiger partial charge in [0.2, 0.25) is 0 Å². The number of alkyl halides is 3. The molecule has 0 unspecified atom stereocenters. The van der Waals surface area contributed by atoms with E-state index in [2.05, 4.69) is 0 Å². The predicted octanol–water partition coefficient (Wildman–Crippen LogP) is 2.71. The van der Waals surface area contributed by atoms with E-state index >= 15 is 0 Å². The Labute approximate surface area is 56.3 Å². The minimum Gasteiger partial charge on any atom is -0.166 e. The van der Waals surface area contributed by atoms with Crippen molar-refractivity contribution in [3.05, 3.63) is 35.9 Å². The van der Waals surface area contributed by atoms with E-state index < -0.39 is 11.7 Å². The lowest BCUT2D eigenvalue weighted by Crippen LogP contribution is -2.03. The van der Waals surface area contributed by atoms with Crippen molar-refractivity contribution in [3.63, 3.8) is 0 Å². The average Bonchev–Trinajstić information content (AvgIpc) is 1.88. The SMILES string of the molecule is F[11C](F)(F)c1ccccc1. The van der Waals surface area contributed by atoms with Crippen molar-refractivity contribution in [2.75, 3.05) is 0 Å². The van der Waals surface area contributed by atoms with Crippen molar-refractivity contribution in [2.45, 2.75) is 6.18 Å². The Kier molecular flexibility index (Phi) is 1.66. The summed E-state index contributed by atoms with van der Waals surface area (Å²) in [6, 6.07) is 6.36. The normalized spacial score (nSPS) is 11.5. The maximum atomic E-state index is 11.8. The van der Waals surface area contributed by atoms with Gasteiger partial charge in [0.15, 0.2) is 0 Å². The Morgan fingerprint density at radius 3 is 1.70 bits per heavy atom. The lowest BCUT2D eigenvalue weighted by molar-refractivity contribution is -0.137. The molecule has 0 aliphatic heterocycles. The molecule has 0 radical (unpaired) electrons. The maximum absolute atomic E-state index is 11.8. The van der Waals surface area contributed by atoms with Crippen molar-refractivity contribution in [2.24, 2.45) is 0 Å². The summed E-state index contributed by atoms with van der Waals surface area (Å²) in [6.07, 6.45) is -4.21. The number of hydrogen-bond donors (Lipinski definition) is 0. The van der Waals surface area contributed by atoms with Gasteiger partial charge in [-0.25, -0.2) is 0 Å². The second-order valence-corrected chi connectivity index (χ2v) is 1.86. The molecule has 0 amide bonds. The molecular formula is C7H5F3. The first-order valence-corrected chi connectivity index (χ1v) is 2.73. The van der Waals surface area contributed by atoms with Gasteiger partial charge in [0, 0.05) is 0 Å². The Morgan fingerprint density at radius 2 is 1.40 bits per heavy atom. The first-order valence-electron chi connectivity index (χ1n) is 2.73. The van der Waals surface area contributed by atoms with Gasteiger partial charge in [-0.1, -0.05) is 30.3 Å². The summed E-state index contributed by atoms with van der Waals surface area (Å²) in [4.78, 5) is 0. The zero-order chi connectivity index (χ0) is 7.61. The van der Waals surface area contributed by atoms with Gasteiger partial charge in [-0.15, -0.1) is 0 Å². The van der Waals surface area contributed by atoms with Crippen LogP contribution in [0.1, 0.15) is 5.56 Å². The van der Waals surface area contributed by atoms with E-state index in [0.29, 0.717) is 0 Å². The van der Waals surface area contributed by atoms with Crippen LogP contribution in [0.15, 0.2) is 30.3 Å². The van der Waals surface area contributed by atoms with Gasteiger partial charge < -0.3 is 0 Å². The fourth-order valence-electron chi connectivity index (χ4n) is 0.627. The van der Waals surface area contributed by atoms with E-state index in [1.54, 1.807) is 6.07 Å². The van der Waals surface area contributed by atoms with Crippen LogP contribution >= 0.6 is 0 Å². The Morgan fingerprint density at radius 1 is 0.900 bits per heavy atom. The monoisotopic (exact) mass is 145 g/mol. The summed E-state index contributed by atoms with van der Waals surface area (Å²) in [5, 5.41) is 0. The molecule has 10 heavy (non-hydrogen) atoms. The Hall–Kier alpha value is -0.990. The van der Waals surface area contributed by atoms with E-state index in [1.165, 1.54) is 12.1 Å². The highest BCUT2D eigenvalue weighted by Crippen LogP contribution is 2.28. The van der Waals surface area contributed by atoms with Crippen LogP contribution in [0.4, 0.5) is 13.2 Å². The Bertz CT molecular complexity index is 200. The standard InChI is InChI=1S/C7H5F3/c8-7(9,10)6-4-2-1-3-5-6/h1-5H/i7-1. The van der Waals surface area contributed by atoms with Crippen LogP contribution < -0.4 is 0 Å². The molecule has 1 rings (SSSR count). The van der Waals surface area contributed by atoms with Crippen molar-refractivity contribution < 1.29 is 13.2 Å². The number of rotatable bonds is 0. The molecule has 0 aromatic heterocycles. The summed E-state index contributed by atoms with van der Waals surface area (Å²) in [6.45, 7) is 0. The quantitative estimate of drug-likeness (QED) is 0.526. The zero-order valence-electron chi connectivity index (χ0n) is 5.02. The van der Waals surface area contributed by atoms with E-state index in [-0.39, 0.29) is 0 Å². The van der Waals surface area contributed by atoms with Crippen LogP contribution in [0.2, 0.25) is 0 Å². The number of halogens is 3. The molecule has 0 nitrogen and oxygen atoms in total. The lowest BCUT2D eigenvalue weighted by atomic mass is 9.91. The molecule has 0 heterocycles. The second kappa shape index (κ2) is 2.33. The van der Waals surface area contributed by atoms with Gasteiger partial charge in [0.25, 0.3) is 0 Å². The molecule has 1 aromatic carbocycles. The van der Waals surface area contributed by atoms with Crippen LogP contribution in [0.3, 0.4) is 0 Å². The molecule has 3 heteroatoms. The van der Waals surface area contributed by atoms with Gasteiger partial charge in [0.1, 0.15) is 0 Å². The zero-order valence-corrected chi connectivity index (χ0v) is 5.02. The predicted molar refractivity (Wildman–Crippen MR) is 31.4 cm³/mol. The summed E-state index contributed by atoms with van der Waals surface area (Å²) in [5.41, 5.74) is -0.602. The van der Waals surface area contributed by atoms with Crippen LogP contribution in [0, 0.1) is 0 Å². The molecule has 0 bridgehead atoms. The third kappa shape index (κ3) is 1.50. The molecule has 0 aliphatic rings. The van der Waals surface area contributed by atoms with Gasteiger partial charge in [-0.2, -0.15) is 13.2 Å². The van der Waals surface area contributed by atoms with Crippen LogP contribution in [-0.2, 0) is 6.18 Å². The van der Waals surface area contributed by atoms with Crippen molar-refractivity contribution >= 4 is 0 Å². The Balaban J connectivity index is 2.97. The molecule has 0 spiro atoms. The molecule has 0 N–H and O–H groups in total. The topological polar surface area (TPSA) is 0 Å². The van der Waals surface area contributed by atoms with Crippen LogP contribution in [-0.4, -0.2) is 0 Å². The molecule has 0 aliphatic carbocycles. The summed E-state index contributed by atoms with van der Waals surface area (Å²) < 4.78 is 35.4. The highest BCUT2D eigenvalue weighted by molar-refractivity contribution is 5.17. The highest BCUT2D eigenvalue weighted by atomic mass is 19.4. The van der Waals surface area contributed by atoms with E-state index in [9.17, 15) is 13.2 Å². The van der Waals surface area contributed by atoms with Crippen LogP contribution in [0.5, 0.6) is 0 Å². The number of hydrogen-bond acceptors (Lipinski definition) is 0. The van der Waals surface area contributed by atoms with Crippen molar-refractivity contribution in [3.8, 4) is 0 Å². The first-order chi connectivity index (χ1) is 4.61. The largest absolute Gasteiger partial charge is 0.416 e. The summed E-state index contributed by atoms with van der Waals surface area (Å²) >= 11 is 0. The fourth-order valence-corrected chi connectivity index (χ4v) is 0.627. The summed E-state index contributed by atoms with van der Waals surface area (Å²) in [5.74, 6) is 0. The molecule has 0 fully saturated rings. The fraction of sp³-hybridized carbons (Fsp3) is 0.143. The van der Waals surface area contributed by atoms with Gasteiger partial charge in [-0.05, 0) is 0 Å². The highest BCUT2D eigenvalue weighted by Gasteiger charge is 2.29. The first kappa shape index (κ1) is 7.12. The molecule has 0 atom stereocenters. The van der Waals surface area contributed by atoms with E-state index in [0.717, 1.165) is 12.1 Å². The van der Waals surface area contributed by atoms with Crippen molar-refractivity contribution in [1.82, 2.24) is 0 Å². The molecule has 0 saturated heterocycles. The van der Waals surface area contributed by atoms with E-state index in [1.807, 2.05) is 0 Å². The minimum atomic E-state index is -4.21.